The minimum absolute atomic E-state index is 0.148. The largest absolute Gasteiger partial charge is 0.360 e. The zero-order valence-electron chi connectivity index (χ0n) is 16.8. The molecule has 1 N–H and O–H groups in total. The Morgan fingerprint density at radius 3 is 2.66 bits per heavy atom. The van der Waals surface area contributed by atoms with E-state index in [0.29, 0.717) is 6.04 Å². The van der Waals surface area contributed by atoms with Crippen LogP contribution in [0, 0.1) is 0 Å². The van der Waals surface area contributed by atoms with Gasteiger partial charge in [-0.25, -0.2) is 0 Å². The van der Waals surface area contributed by atoms with E-state index in [-0.39, 0.29) is 11.2 Å². The molecule has 7 heteroatoms. The van der Waals surface area contributed by atoms with Gasteiger partial charge in [0.05, 0.1) is 5.25 Å². The van der Waals surface area contributed by atoms with E-state index in [1.165, 1.54) is 12.8 Å². The lowest BCUT2D eigenvalue weighted by Gasteiger charge is -2.23. The molecule has 0 bridgehead atoms. The number of nitrogens with zero attached hydrogens (tertiary/aromatic N) is 4. The Labute approximate surface area is 175 Å². The van der Waals surface area contributed by atoms with Crippen molar-refractivity contribution in [2.45, 2.75) is 61.9 Å². The molecule has 3 heterocycles. The number of rotatable bonds is 5. The van der Waals surface area contributed by atoms with Gasteiger partial charge in [0.1, 0.15) is 0 Å². The number of thioether (sulfide) groups is 1. The van der Waals surface area contributed by atoms with Crippen LogP contribution in [-0.4, -0.2) is 48.9 Å². The van der Waals surface area contributed by atoms with Crippen LogP contribution in [-0.2, 0) is 4.79 Å². The van der Waals surface area contributed by atoms with Crippen LogP contribution in [0.1, 0.15) is 51.5 Å². The first kappa shape index (κ1) is 18.7. The van der Waals surface area contributed by atoms with Gasteiger partial charge in [0, 0.05) is 41.8 Å². The normalized spacial score (nSPS) is 18.7. The van der Waals surface area contributed by atoms with Gasteiger partial charge in [-0.15, -0.1) is 10.2 Å². The van der Waals surface area contributed by atoms with Crippen LogP contribution in [0.15, 0.2) is 35.6 Å². The van der Waals surface area contributed by atoms with Gasteiger partial charge in [0.15, 0.2) is 11.0 Å². The summed E-state index contributed by atoms with van der Waals surface area (Å²) in [6.45, 7) is 3.79. The summed E-state index contributed by atoms with van der Waals surface area (Å²) < 4.78 is 2.26. The highest BCUT2D eigenvalue weighted by Gasteiger charge is 2.33. The van der Waals surface area contributed by atoms with E-state index in [0.717, 1.165) is 66.2 Å². The topological polar surface area (TPSA) is 66.8 Å². The molecular formula is C22H27N5OS. The van der Waals surface area contributed by atoms with Crippen molar-refractivity contribution in [1.29, 1.82) is 0 Å². The highest BCUT2D eigenvalue weighted by molar-refractivity contribution is 8.00. The molecule has 1 aliphatic carbocycles. The molecule has 6 nitrogen and oxygen atoms in total. The molecule has 2 aromatic heterocycles. The predicted molar refractivity (Wildman–Crippen MR) is 116 cm³/mol. The fourth-order valence-electron chi connectivity index (χ4n) is 4.22. The molecule has 152 valence electrons. The number of aromatic amines is 1. The molecule has 3 aromatic rings. The van der Waals surface area contributed by atoms with E-state index in [2.05, 4.69) is 37.9 Å². The average Bonchev–Trinajstić information content (AvgIpc) is 3.44. The summed E-state index contributed by atoms with van der Waals surface area (Å²) in [5.74, 6) is 1.14. The molecule has 29 heavy (non-hydrogen) atoms. The van der Waals surface area contributed by atoms with Gasteiger partial charge < -0.3 is 9.88 Å². The average molecular weight is 410 g/mol. The SMILES string of the molecule is CC(Sc1nnc(-c2c[nH]c3ccccc23)n1C1CC1)C(=O)N1CCCCCC1. The van der Waals surface area contributed by atoms with Crippen molar-refractivity contribution in [3.05, 3.63) is 30.5 Å². The Balaban J connectivity index is 1.42. The van der Waals surface area contributed by atoms with Crippen molar-refractivity contribution >= 4 is 28.6 Å². The molecule has 1 unspecified atom stereocenters. The molecule has 2 aliphatic rings. The van der Waals surface area contributed by atoms with Crippen molar-refractivity contribution < 1.29 is 4.79 Å². The minimum Gasteiger partial charge on any atom is -0.360 e. The lowest BCUT2D eigenvalue weighted by molar-refractivity contribution is -0.130. The van der Waals surface area contributed by atoms with E-state index in [1.807, 2.05) is 24.1 Å². The Morgan fingerprint density at radius 1 is 1.14 bits per heavy atom. The van der Waals surface area contributed by atoms with Crippen LogP contribution < -0.4 is 0 Å². The van der Waals surface area contributed by atoms with E-state index in [4.69, 9.17) is 0 Å². The number of amides is 1. The number of fused-ring (bicyclic) bond motifs is 1. The summed E-state index contributed by atoms with van der Waals surface area (Å²) in [7, 11) is 0. The number of carbonyl (C=O) groups excluding carboxylic acids is 1. The molecule has 1 saturated heterocycles. The minimum atomic E-state index is -0.148. The Bertz CT molecular complexity index is 1010. The molecule has 2 fully saturated rings. The molecule has 1 atom stereocenters. The fourth-order valence-corrected chi connectivity index (χ4v) is 5.22. The Morgan fingerprint density at radius 2 is 1.90 bits per heavy atom. The van der Waals surface area contributed by atoms with Crippen molar-refractivity contribution in [2.24, 2.45) is 0 Å². The fraction of sp³-hybridized carbons (Fsp3) is 0.500. The number of carbonyl (C=O) groups is 1. The monoisotopic (exact) mass is 409 g/mol. The van der Waals surface area contributed by atoms with Crippen LogP contribution in [0.3, 0.4) is 0 Å². The van der Waals surface area contributed by atoms with Crippen LogP contribution in [0.4, 0.5) is 0 Å². The predicted octanol–water partition coefficient (Wildman–Crippen LogP) is 4.64. The third-order valence-electron chi connectivity index (χ3n) is 5.95. The summed E-state index contributed by atoms with van der Waals surface area (Å²) in [6.07, 6.45) is 9.02. The molecule has 0 radical (unpaired) electrons. The van der Waals surface area contributed by atoms with Gasteiger partial charge in [-0.05, 0) is 38.7 Å². The summed E-state index contributed by atoms with van der Waals surface area (Å²) in [4.78, 5) is 18.4. The Kier molecular flexibility index (Phi) is 5.08. The molecule has 0 spiro atoms. The zero-order valence-corrected chi connectivity index (χ0v) is 17.6. The molecule has 1 amide bonds. The van der Waals surface area contributed by atoms with Gasteiger partial charge in [-0.3, -0.25) is 9.36 Å². The van der Waals surface area contributed by atoms with E-state index in [1.54, 1.807) is 11.8 Å². The number of aromatic nitrogens is 4. The van der Waals surface area contributed by atoms with Crippen molar-refractivity contribution in [1.82, 2.24) is 24.6 Å². The molecule has 1 aliphatic heterocycles. The van der Waals surface area contributed by atoms with E-state index < -0.39 is 0 Å². The zero-order chi connectivity index (χ0) is 19.8. The number of nitrogens with one attached hydrogen (secondary N) is 1. The lowest BCUT2D eigenvalue weighted by atomic mass is 10.1. The number of hydrogen-bond donors (Lipinski definition) is 1. The van der Waals surface area contributed by atoms with Gasteiger partial charge >= 0.3 is 0 Å². The van der Waals surface area contributed by atoms with Gasteiger partial charge in [0.2, 0.25) is 5.91 Å². The maximum atomic E-state index is 13.0. The van der Waals surface area contributed by atoms with Crippen molar-refractivity contribution in [2.75, 3.05) is 13.1 Å². The highest BCUT2D eigenvalue weighted by atomic mass is 32.2. The number of likely N-dealkylation sites (tertiary alicyclic amines) is 1. The number of para-hydroxylation sites is 1. The molecule has 5 rings (SSSR count). The van der Waals surface area contributed by atoms with E-state index >= 15 is 0 Å². The quantitative estimate of drug-likeness (QED) is 0.623. The number of hydrogen-bond acceptors (Lipinski definition) is 4. The second-order valence-corrected chi connectivity index (χ2v) is 9.46. The summed E-state index contributed by atoms with van der Waals surface area (Å²) in [6, 6.07) is 8.72. The maximum Gasteiger partial charge on any atom is 0.235 e. The second-order valence-electron chi connectivity index (χ2n) is 8.15. The number of benzene rings is 1. The highest BCUT2D eigenvalue weighted by Crippen LogP contribution is 2.43. The van der Waals surface area contributed by atoms with Crippen LogP contribution in [0.2, 0.25) is 0 Å². The van der Waals surface area contributed by atoms with Gasteiger partial charge in [-0.2, -0.15) is 0 Å². The first-order valence-corrected chi connectivity index (χ1v) is 11.6. The van der Waals surface area contributed by atoms with E-state index in [9.17, 15) is 4.79 Å². The first-order valence-electron chi connectivity index (χ1n) is 10.7. The van der Waals surface area contributed by atoms with Gasteiger partial charge in [0.25, 0.3) is 0 Å². The third-order valence-corrected chi connectivity index (χ3v) is 7.00. The lowest BCUT2D eigenvalue weighted by Crippen LogP contribution is -2.37. The maximum absolute atomic E-state index is 13.0. The second kappa shape index (κ2) is 7.86. The third kappa shape index (κ3) is 3.68. The summed E-state index contributed by atoms with van der Waals surface area (Å²) >= 11 is 1.56. The smallest absolute Gasteiger partial charge is 0.235 e. The summed E-state index contributed by atoms with van der Waals surface area (Å²) in [5.41, 5.74) is 2.19. The van der Waals surface area contributed by atoms with Gasteiger partial charge in [-0.1, -0.05) is 42.8 Å². The first-order chi connectivity index (χ1) is 14.2. The van der Waals surface area contributed by atoms with Crippen molar-refractivity contribution in [3.8, 4) is 11.4 Å². The van der Waals surface area contributed by atoms with Crippen LogP contribution in [0.25, 0.3) is 22.3 Å². The molecular weight excluding hydrogens is 382 g/mol. The number of H-pyrrole nitrogens is 1. The molecule has 1 saturated carbocycles. The standard InChI is InChI=1S/C22H27N5OS/c1-15(21(28)26-12-6-2-3-7-13-26)29-22-25-24-20(27(22)16-10-11-16)18-14-23-19-9-5-4-8-17(18)19/h4-5,8-9,14-16,23H,2-3,6-7,10-13H2,1H3. The van der Waals surface area contributed by atoms with Crippen LogP contribution in [0.5, 0.6) is 0 Å². The van der Waals surface area contributed by atoms with Crippen molar-refractivity contribution in [3.63, 3.8) is 0 Å². The summed E-state index contributed by atoms with van der Waals surface area (Å²) in [5, 5.41) is 11.0. The van der Waals surface area contributed by atoms with Crippen LogP contribution >= 0.6 is 11.8 Å². The Hall–Kier alpha value is -2.28. The molecule has 1 aromatic carbocycles.